The fourth-order valence-electron chi connectivity index (χ4n) is 1.95. The van der Waals surface area contributed by atoms with Gasteiger partial charge in [-0.2, -0.15) is 0 Å². The molecule has 0 bridgehead atoms. The van der Waals surface area contributed by atoms with E-state index in [1.807, 2.05) is 4.90 Å². The van der Waals surface area contributed by atoms with Crippen LogP contribution in [-0.4, -0.2) is 31.1 Å². The second kappa shape index (κ2) is 5.51. The quantitative estimate of drug-likeness (QED) is 0.775. The van der Waals surface area contributed by atoms with Gasteiger partial charge in [0, 0.05) is 43.9 Å². The Bertz CT molecular complexity index is 364. The van der Waals surface area contributed by atoms with E-state index in [0.717, 1.165) is 31.6 Å². The Morgan fingerprint density at radius 1 is 1.06 bits per heavy atom. The van der Waals surface area contributed by atoms with Crippen molar-refractivity contribution in [2.45, 2.75) is 13.0 Å². The van der Waals surface area contributed by atoms with Crippen molar-refractivity contribution in [2.75, 3.05) is 26.2 Å². The van der Waals surface area contributed by atoms with E-state index in [-0.39, 0.29) is 12.1 Å². The van der Waals surface area contributed by atoms with E-state index < -0.39 is 17.5 Å². The van der Waals surface area contributed by atoms with Crippen LogP contribution in [0, 0.1) is 17.5 Å². The standard InChI is InChI=1S/C12H14F3N2/c13-9-6-11(14)10(12(15)7-9)8-17-4-1-2-16-3-5-17/h6-7H,1-5,8H2. The molecule has 0 atom stereocenters. The zero-order valence-corrected chi connectivity index (χ0v) is 9.43. The highest BCUT2D eigenvalue weighted by molar-refractivity contribution is 5.20. The summed E-state index contributed by atoms with van der Waals surface area (Å²) >= 11 is 0. The van der Waals surface area contributed by atoms with Crippen molar-refractivity contribution < 1.29 is 13.2 Å². The summed E-state index contributed by atoms with van der Waals surface area (Å²) < 4.78 is 39.6. The van der Waals surface area contributed by atoms with Crippen molar-refractivity contribution in [1.29, 1.82) is 0 Å². The minimum atomic E-state index is -0.880. The molecule has 1 saturated heterocycles. The van der Waals surface area contributed by atoms with Crippen molar-refractivity contribution >= 4 is 0 Å². The van der Waals surface area contributed by atoms with E-state index in [0.29, 0.717) is 13.1 Å². The van der Waals surface area contributed by atoms with Gasteiger partial charge < -0.3 is 0 Å². The lowest BCUT2D eigenvalue weighted by atomic mass is 10.1. The molecule has 17 heavy (non-hydrogen) atoms. The molecule has 0 unspecified atom stereocenters. The molecule has 0 N–H and O–H groups in total. The van der Waals surface area contributed by atoms with Gasteiger partial charge in [0.25, 0.3) is 0 Å². The highest BCUT2D eigenvalue weighted by Gasteiger charge is 2.16. The maximum Gasteiger partial charge on any atom is 0.133 e. The summed E-state index contributed by atoms with van der Waals surface area (Å²) in [6, 6.07) is 1.45. The Balaban J connectivity index is 2.11. The van der Waals surface area contributed by atoms with Crippen LogP contribution in [0.5, 0.6) is 0 Å². The lowest BCUT2D eigenvalue weighted by Crippen LogP contribution is -2.27. The average Bonchev–Trinajstić information content (AvgIpc) is 2.51. The predicted octanol–water partition coefficient (Wildman–Crippen LogP) is 1.91. The third-order valence-corrected chi connectivity index (χ3v) is 2.85. The first-order valence-corrected chi connectivity index (χ1v) is 5.66. The molecule has 1 aromatic rings. The zero-order chi connectivity index (χ0) is 12.3. The van der Waals surface area contributed by atoms with Crippen LogP contribution in [-0.2, 0) is 6.54 Å². The maximum absolute atomic E-state index is 13.4. The van der Waals surface area contributed by atoms with Crippen LogP contribution in [0.15, 0.2) is 12.1 Å². The van der Waals surface area contributed by atoms with Gasteiger partial charge >= 0.3 is 0 Å². The summed E-state index contributed by atoms with van der Waals surface area (Å²) in [7, 11) is 0. The minimum absolute atomic E-state index is 0.0618. The van der Waals surface area contributed by atoms with Crippen LogP contribution in [0.3, 0.4) is 0 Å². The van der Waals surface area contributed by atoms with E-state index in [1.54, 1.807) is 0 Å². The largest absolute Gasteiger partial charge is 0.297 e. The van der Waals surface area contributed by atoms with E-state index in [4.69, 9.17) is 0 Å². The fourth-order valence-corrected chi connectivity index (χ4v) is 1.95. The summed E-state index contributed by atoms with van der Waals surface area (Å²) in [5, 5.41) is 4.23. The van der Waals surface area contributed by atoms with Crippen LogP contribution < -0.4 is 5.32 Å². The summed E-state index contributed by atoms with van der Waals surface area (Å²) in [4.78, 5) is 1.94. The molecule has 2 rings (SSSR count). The first-order valence-electron chi connectivity index (χ1n) is 5.66. The Labute approximate surface area is 98.4 Å². The molecule has 1 fully saturated rings. The molecule has 1 heterocycles. The molecule has 1 radical (unpaired) electrons. The van der Waals surface area contributed by atoms with Crippen LogP contribution in [0.25, 0.3) is 0 Å². The SMILES string of the molecule is Fc1cc(F)c(CN2CCC[N]CC2)c(F)c1. The number of hydrogen-bond acceptors (Lipinski definition) is 1. The molecule has 1 aliphatic heterocycles. The smallest absolute Gasteiger partial charge is 0.133 e. The van der Waals surface area contributed by atoms with Gasteiger partial charge in [-0.15, -0.1) is 0 Å². The molecule has 2 nitrogen and oxygen atoms in total. The highest BCUT2D eigenvalue weighted by atomic mass is 19.1. The van der Waals surface area contributed by atoms with Gasteiger partial charge in [-0.25, -0.2) is 18.5 Å². The molecular formula is C12H14F3N2. The van der Waals surface area contributed by atoms with E-state index >= 15 is 0 Å². The number of benzene rings is 1. The van der Waals surface area contributed by atoms with Crippen molar-refractivity contribution in [1.82, 2.24) is 10.2 Å². The van der Waals surface area contributed by atoms with Crippen LogP contribution in [0.2, 0.25) is 0 Å². The molecule has 5 heteroatoms. The van der Waals surface area contributed by atoms with Gasteiger partial charge in [-0.05, 0) is 13.0 Å². The first-order chi connectivity index (χ1) is 8.16. The monoisotopic (exact) mass is 243 g/mol. The molecule has 1 aliphatic rings. The number of halogens is 3. The topological polar surface area (TPSA) is 17.3 Å². The van der Waals surface area contributed by atoms with Crippen molar-refractivity contribution in [3.05, 3.63) is 35.1 Å². The van der Waals surface area contributed by atoms with Crippen molar-refractivity contribution in [3.63, 3.8) is 0 Å². The second-order valence-corrected chi connectivity index (χ2v) is 4.15. The normalized spacial score (nSPS) is 18.1. The zero-order valence-electron chi connectivity index (χ0n) is 9.43. The molecular weight excluding hydrogens is 229 g/mol. The second-order valence-electron chi connectivity index (χ2n) is 4.15. The van der Waals surface area contributed by atoms with Gasteiger partial charge in [0.1, 0.15) is 17.5 Å². The van der Waals surface area contributed by atoms with E-state index in [1.165, 1.54) is 0 Å². The van der Waals surface area contributed by atoms with E-state index in [2.05, 4.69) is 5.32 Å². The maximum atomic E-state index is 13.4. The number of nitrogens with zero attached hydrogens (tertiary/aromatic N) is 2. The van der Waals surface area contributed by atoms with Crippen molar-refractivity contribution in [3.8, 4) is 0 Å². The van der Waals surface area contributed by atoms with Crippen LogP contribution in [0.4, 0.5) is 13.2 Å². The lowest BCUT2D eigenvalue weighted by molar-refractivity contribution is 0.274. The van der Waals surface area contributed by atoms with Gasteiger partial charge in [-0.3, -0.25) is 4.90 Å². The Morgan fingerprint density at radius 3 is 2.47 bits per heavy atom. The van der Waals surface area contributed by atoms with Crippen molar-refractivity contribution in [2.24, 2.45) is 0 Å². The lowest BCUT2D eigenvalue weighted by Gasteiger charge is -2.19. The Morgan fingerprint density at radius 2 is 1.76 bits per heavy atom. The Kier molecular flexibility index (Phi) is 4.02. The summed E-state index contributed by atoms with van der Waals surface area (Å²) in [5.41, 5.74) is -0.0618. The molecule has 0 amide bonds. The van der Waals surface area contributed by atoms with Crippen LogP contribution in [0.1, 0.15) is 12.0 Å². The molecule has 1 aromatic carbocycles. The average molecular weight is 243 g/mol. The van der Waals surface area contributed by atoms with Gasteiger partial charge in [-0.1, -0.05) is 0 Å². The van der Waals surface area contributed by atoms with Crippen LogP contribution >= 0.6 is 0 Å². The number of rotatable bonds is 2. The molecule has 0 aliphatic carbocycles. The highest BCUT2D eigenvalue weighted by Crippen LogP contribution is 2.17. The van der Waals surface area contributed by atoms with Gasteiger partial charge in [0.15, 0.2) is 0 Å². The first kappa shape index (κ1) is 12.4. The summed E-state index contributed by atoms with van der Waals surface area (Å²) in [6.07, 6.45) is 0.893. The fraction of sp³-hybridized carbons (Fsp3) is 0.500. The molecule has 0 spiro atoms. The molecule has 93 valence electrons. The van der Waals surface area contributed by atoms with Gasteiger partial charge in [0.2, 0.25) is 0 Å². The summed E-state index contributed by atoms with van der Waals surface area (Å²) in [5.74, 6) is -2.51. The predicted molar refractivity (Wildman–Crippen MR) is 58.1 cm³/mol. The number of hydrogen-bond donors (Lipinski definition) is 0. The van der Waals surface area contributed by atoms with E-state index in [9.17, 15) is 13.2 Å². The summed E-state index contributed by atoms with van der Waals surface area (Å²) in [6.45, 7) is 3.11. The molecule has 0 saturated carbocycles. The third-order valence-electron chi connectivity index (χ3n) is 2.85. The third kappa shape index (κ3) is 3.20. The molecule has 0 aromatic heterocycles. The minimum Gasteiger partial charge on any atom is -0.297 e. The Hall–Kier alpha value is -1.07. The van der Waals surface area contributed by atoms with Gasteiger partial charge in [0.05, 0.1) is 0 Å².